The largest absolute Gasteiger partial charge is 0.354 e. The number of likely N-dealkylation sites (N-methyl/N-ethyl adjacent to an activating group) is 1. The maximum Gasteiger partial charge on any atom is 0.243 e. The highest BCUT2D eigenvalue weighted by molar-refractivity contribution is 6.29. The van der Waals surface area contributed by atoms with E-state index in [1.807, 2.05) is 23.6 Å². The van der Waals surface area contributed by atoms with E-state index in [0.29, 0.717) is 17.7 Å². The normalized spacial score (nSPS) is 12.9. The van der Waals surface area contributed by atoms with Gasteiger partial charge in [-0.15, -0.1) is 0 Å². The van der Waals surface area contributed by atoms with Crippen molar-refractivity contribution in [3.8, 4) is 0 Å². The zero-order valence-electron chi connectivity index (χ0n) is 14.8. The first kappa shape index (κ1) is 19.3. The molecule has 1 aromatic rings. The molecule has 1 aromatic heterocycles. The smallest absolute Gasteiger partial charge is 0.243 e. The van der Waals surface area contributed by atoms with Gasteiger partial charge in [0.25, 0.3) is 0 Å². The van der Waals surface area contributed by atoms with E-state index in [0.717, 1.165) is 12.2 Å². The van der Waals surface area contributed by atoms with Crippen molar-refractivity contribution in [2.75, 3.05) is 27.7 Å². The van der Waals surface area contributed by atoms with Gasteiger partial charge in [-0.2, -0.15) is 0 Å². The Balaban J connectivity index is 2.87. The van der Waals surface area contributed by atoms with E-state index < -0.39 is 0 Å². The van der Waals surface area contributed by atoms with E-state index in [9.17, 15) is 4.79 Å². The molecule has 1 atom stereocenters. The summed E-state index contributed by atoms with van der Waals surface area (Å²) in [6.07, 6.45) is 2.59. The summed E-state index contributed by atoms with van der Waals surface area (Å²) in [6, 6.07) is 0.260. The van der Waals surface area contributed by atoms with E-state index in [4.69, 9.17) is 11.6 Å². The van der Waals surface area contributed by atoms with Gasteiger partial charge in [0.1, 0.15) is 17.5 Å². The fraction of sp³-hybridized carbons (Fsp3) is 0.667. The van der Waals surface area contributed by atoms with Crippen LogP contribution in [0, 0.1) is 0 Å². The Labute approximate surface area is 143 Å². The lowest BCUT2D eigenvalue weighted by atomic mass is 10.3. The molecular formula is C15H27ClN6O. The molecule has 0 radical (unpaired) electrons. The summed E-state index contributed by atoms with van der Waals surface area (Å²) in [6.45, 7) is 4.83. The van der Waals surface area contributed by atoms with E-state index >= 15 is 0 Å². The number of amides is 1. The topological polar surface area (TPSA) is 65.8 Å². The number of aliphatic imine (C=N–C) groups is 1. The highest BCUT2D eigenvalue weighted by Gasteiger charge is 2.14. The molecule has 0 saturated heterocycles. The predicted molar refractivity (Wildman–Crippen MR) is 93.6 cm³/mol. The van der Waals surface area contributed by atoms with Gasteiger partial charge in [0.15, 0.2) is 5.96 Å². The SMILES string of the molecule is CCC(C)NC(=NCC(=O)N(C)C)N(C)Cc1ncc(Cl)n1C. The van der Waals surface area contributed by atoms with Crippen LogP contribution in [0.5, 0.6) is 0 Å². The predicted octanol–water partition coefficient (Wildman–Crippen LogP) is 1.34. The van der Waals surface area contributed by atoms with Crippen LogP contribution in [0.4, 0.5) is 0 Å². The molecule has 1 rings (SSSR count). The van der Waals surface area contributed by atoms with Crippen molar-refractivity contribution in [1.82, 2.24) is 24.7 Å². The minimum absolute atomic E-state index is 0.0399. The van der Waals surface area contributed by atoms with Gasteiger partial charge in [0.05, 0.1) is 12.7 Å². The second-order valence-corrected chi connectivity index (χ2v) is 6.18. The van der Waals surface area contributed by atoms with E-state index in [1.165, 1.54) is 4.90 Å². The molecule has 0 bridgehead atoms. The summed E-state index contributed by atoms with van der Waals surface area (Å²) < 4.78 is 1.82. The summed E-state index contributed by atoms with van der Waals surface area (Å²) in [5.74, 6) is 1.46. The number of carbonyl (C=O) groups is 1. The second kappa shape index (κ2) is 8.76. The fourth-order valence-corrected chi connectivity index (χ4v) is 1.89. The van der Waals surface area contributed by atoms with Crippen molar-refractivity contribution in [2.24, 2.45) is 12.0 Å². The van der Waals surface area contributed by atoms with Gasteiger partial charge in [-0.1, -0.05) is 18.5 Å². The van der Waals surface area contributed by atoms with Gasteiger partial charge in [0.2, 0.25) is 5.91 Å². The third-order valence-electron chi connectivity index (χ3n) is 3.62. The molecule has 1 amide bonds. The van der Waals surface area contributed by atoms with Crippen LogP contribution >= 0.6 is 11.6 Å². The number of hydrogen-bond donors (Lipinski definition) is 1. The summed E-state index contributed by atoms with van der Waals surface area (Å²) in [7, 11) is 7.22. The first-order valence-corrected chi connectivity index (χ1v) is 8.02. The van der Waals surface area contributed by atoms with Crippen LogP contribution in [-0.4, -0.2) is 64.9 Å². The maximum absolute atomic E-state index is 11.8. The highest BCUT2D eigenvalue weighted by Crippen LogP contribution is 2.10. The Hall–Kier alpha value is -1.76. The number of nitrogens with zero attached hydrogens (tertiary/aromatic N) is 5. The number of nitrogens with one attached hydrogen (secondary N) is 1. The molecule has 8 heteroatoms. The van der Waals surface area contributed by atoms with Crippen LogP contribution in [0.15, 0.2) is 11.2 Å². The number of aromatic nitrogens is 2. The van der Waals surface area contributed by atoms with Crippen LogP contribution < -0.4 is 5.32 Å². The quantitative estimate of drug-likeness (QED) is 0.626. The first-order chi connectivity index (χ1) is 10.8. The van der Waals surface area contributed by atoms with E-state index in [1.54, 1.807) is 20.3 Å². The molecule has 1 heterocycles. The summed E-state index contributed by atoms with van der Waals surface area (Å²) in [5.41, 5.74) is 0. The molecule has 7 nitrogen and oxygen atoms in total. The number of rotatable bonds is 6. The Morgan fingerprint density at radius 2 is 2.13 bits per heavy atom. The van der Waals surface area contributed by atoms with Crippen LogP contribution in [0.2, 0.25) is 5.15 Å². The molecule has 0 aliphatic heterocycles. The number of halogens is 1. The van der Waals surface area contributed by atoms with Crippen molar-refractivity contribution in [3.05, 3.63) is 17.2 Å². The maximum atomic E-state index is 11.8. The molecule has 0 aliphatic carbocycles. The summed E-state index contributed by atoms with van der Waals surface area (Å²) in [5, 5.41) is 3.93. The zero-order valence-corrected chi connectivity index (χ0v) is 15.6. The molecule has 1 unspecified atom stereocenters. The Kier molecular flexibility index (Phi) is 7.35. The van der Waals surface area contributed by atoms with E-state index in [2.05, 4.69) is 29.1 Å². The van der Waals surface area contributed by atoms with Crippen molar-refractivity contribution >= 4 is 23.5 Å². The molecule has 0 spiro atoms. The average molecular weight is 343 g/mol. The molecular weight excluding hydrogens is 316 g/mol. The molecule has 0 fully saturated rings. The van der Waals surface area contributed by atoms with Crippen molar-refractivity contribution < 1.29 is 4.79 Å². The van der Waals surface area contributed by atoms with Crippen molar-refractivity contribution in [1.29, 1.82) is 0 Å². The third kappa shape index (κ3) is 5.74. The second-order valence-electron chi connectivity index (χ2n) is 5.79. The van der Waals surface area contributed by atoms with Crippen LogP contribution in [0.25, 0.3) is 0 Å². The number of guanidine groups is 1. The Morgan fingerprint density at radius 1 is 1.48 bits per heavy atom. The summed E-state index contributed by atoms with van der Waals surface area (Å²) in [4.78, 5) is 24.0. The molecule has 0 aromatic carbocycles. The fourth-order valence-electron chi connectivity index (χ4n) is 1.74. The first-order valence-electron chi connectivity index (χ1n) is 7.64. The number of hydrogen-bond acceptors (Lipinski definition) is 3. The molecule has 0 aliphatic rings. The van der Waals surface area contributed by atoms with Crippen molar-refractivity contribution in [3.63, 3.8) is 0 Å². The van der Waals surface area contributed by atoms with Crippen molar-refractivity contribution in [2.45, 2.75) is 32.9 Å². The van der Waals surface area contributed by atoms with Gasteiger partial charge in [-0.3, -0.25) is 4.79 Å². The van der Waals surface area contributed by atoms with Gasteiger partial charge < -0.3 is 19.7 Å². The lowest BCUT2D eigenvalue weighted by Crippen LogP contribution is -2.43. The molecule has 23 heavy (non-hydrogen) atoms. The minimum Gasteiger partial charge on any atom is -0.354 e. The van der Waals surface area contributed by atoms with Crippen LogP contribution in [0.3, 0.4) is 0 Å². The molecule has 1 N–H and O–H groups in total. The van der Waals surface area contributed by atoms with Crippen LogP contribution in [0.1, 0.15) is 26.1 Å². The number of imidazole rings is 1. The van der Waals surface area contributed by atoms with Gasteiger partial charge in [0, 0.05) is 34.2 Å². The average Bonchev–Trinajstić information content (AvgIpc) is 2.82. The molecule has 130 valence electrons. The highest BCUT2D eigenvalue weighted by atomic mass is 35.5. The van der Waals surface area contributed by atoms with Crippen LogP contribution in [-0.2, 0) is 18.4 Å². The summed E-state index contributed by atoms with van der Waals surface area (Å²) >= 11 is 6.02. The lowest BCUT2D eigenvalue weighted by Gasteiger charge is -2.25. The monoisotopic (exact) mass is 342 g/mol. The third-order valence-corrected chi connectivity index (χ3v) is 3.97. The van der Waals surface area contributed by atoms with Gasteiger partial charge in [-0.05, 0) is 13.3 Å². The van der Waals surface area contributed by atoms with Gasteiger partial charge >= 0.3 is 0 Å². The Morgan fingerprint density at radius 3 is 2.61 bits per heavy atom. The Bertz CT molecular complexity index is 554. The minimum atomic E-state index is -0.0399. The zero-order chi connectivity index (χ0) is 17.6. The van der Waals surface area contributed by atoms with E-state index in [-0.39, 0.29) is 18.5 Å². The standard InChI is InChI=1S/C15H27ClN6O/c1-7-11(2)19-15(18-9-14(23)20(3)4)21(5)10-13-17-8-12(16)22(13)6/h8,11H,7,9-10H2,1-6H3,(H,18,19). The number of carbonyl (C=O) groups excluding carboxylic acids is 1. The molecule has 0 saturated carbocycles. The van der Waals surface area contributed by atoms with Gasteiger partial charge in [-0.25, -0.2) is 9.98 Å². The lowest BCUT2D eigenvalue weighted by molar-refractivity contribution is -0.127.